The third-order valence-electron chi connectivity index (χ3n) is 3.97. The lowest BCUT2D eigenvalue weighted by atomic mass is 10.0. The molecule has 2 aromatic rings. The van der Waals surface area contributed by atoms with Crippen molar-refractivity contribution < 1.29 is 14.6 Å². The van der Waals surface area contributed by atoms with Gasteiger partial charge in [0.1, 0.15) is 0 Å². The van der Waals surface area contributed by atoms with Gasteiger partial charge >= 0.3 is 0 Å². The van der Waals surface area contributed by atoms with Crippen LogP contribution in [0.4, 0.5) is 5.69 Å². The van der Waals surface area contributed by atoms with Gasteiger partial charge in [-0.1, -0.05) is 31.2 Å². The minimum atomic E-state index is 0.0377. The molecule has 1 unspecified atom stereocenters. The summed E-state index contributed by atoms with van der Waals surface area (Å²) in [5.74, 6) is 1.48. The number of para-hydroxylation sites is 1. The van der Waals surface area contributed by atoms with Gasteiger partial charge in [0, 0.05) is 17.3 Å². The number of ether oxygens (including phenoxy) is 2. The first-order valence-electron chi connectivity index (χ1n) is 7.88. The molecule has 124 valence electrons. The van der Waals surface area contributed by atoms with E-state index in [-0.39, 0.29) is 12.6 Å². The first-order valence-corrected chi connectivity index (χ1v) is 7.88. The quantitative estimate of drug-likeness (QED) is 0.781. The van der Waals surface area contributed by atoms with Crippen LogP contribution in [0.3, 0.4) is 0 Å². The monoisotopic (exact) mass is 315 g/mol. The van der Waals surface area contributed by atoms with E-state index in [0.29, 0.717) is 0 Å². The first kappa shape index (κ1) is 17.2. The Hall–Kier alpha value is -2.20. The van der Waals surface area contributed by atoms with Crippen LogP contribution in [0.5, 0.6) is 11.5 Å². The van der Waals surface area contributed by atoms with Crippen LogP contribution in [0.15, 0.2) is 42.5 Å². The molecule has 0 aliphatic heterocycles. The van der Waals surface area contributed by atoms with Gasteiger partial charge in [-0.25, -0.2) is 0 Å². The van der Waals surface area contributed by atoms with Gasteiger partial charge in [-0.05, 0) is 36.6 Å². The summed E-state index contributed by atoms with van der Waals surface area (Å²) in [6.45, 7) is 2.19. The predicted octanol–water partition coefficient (Wildman–Crippen LogP) is 3.63. The molecule has 0 saturated carbocycles. The van der Waals surface area contributed by atoms with Crippen molar-refractivity contribution in [2.24, 2.45) is 0 Å². The minimum absolute atomic E-state index is 0.0377. The zero-order valence-corrected chi connectivity index (χ0v) is 14.0. The average Bonchev–Trinajstić information content (AvgIpc) is 2.61. The van der Waals surface area contributed by atoms with Crippen molar-refractivity contribution in [2.45, 2.75) is 32.4 Å². The molecule has 0 bridgehead atoms. The van der Waals surface area contributed by atoms with Gasteiger partial charge in [0.2, 0.25) is 0 Å². The molecule has 0 aliphatic rings. The van der Waals surface area contributed by atoms with Gasteiger partial charge in [0.05, 0.1) is 20.8 Å². The second kappa shape index (κ2) is 8.44. The third kappa shape index (κ3) is 4.39. The van der Waals surface area contributed by atoms with E-state index in [4.69, 9.17) is 9.47 Å². The van der Waals surface area contributed by atoms with Crippen molar-refractivity contribution in [1.82, 2.24) is 0 Å². The molecule has 23 heavy (non-hydrogen) atoms. The van der Waals surface area contributed by atoms with Crippen molar-refractivity contribution in [1.29, 1.82) is 0 Å². The number of anilines is 1. The highest BCUT2D eigenvalue weighted by Crippen LogP contribution is 2.28. The molecule has 0 saturated heterocycles. The van der Waals surface area contributed by atoms with Crippen LogP contribution in [0.1, 0.15) is 24.5 Å². The fourth-order valence-corrected chi connectivity index (χ4v) is 2.61. The van der Waals surface area contributed by atoms with Gasteiger partial charge < -0.3 is 19.9 Å². The van der Waals surface area contributed by atoms with Crippen molar-refractivity contribution in [2.75, 3.05) is 19.5 Å². The van der Waals surface area contributed by atoms with E-state index < -0.39 is 0 Å². The van der Waals surface area contributed by atoms with E-state index in [9.17, 15) is 5.11 Å². The molecule has 4 nitrogen and oxygen atoms in total. The number of rotatable bonds is 8. The summed E-state index contributed by atoms with van der Waals surface area (Å²) in [4.78, 5) is 0. The Morgan fingerprint density at radius 1 is 1.04 bits per heavy atom. The highest BCUT2D eigenvalue weighted by Gasteiger charge is 2.12. The summed E-state index contributed by atoms with van der Waals surface area (Å²) in [7, 11) is 3.29. The number of benzene rings is 2. The number of aliphatic hydroxyl groups excluding tert-OH is 1. The Kier molecular flexibility index (Phi) is 6.29. The van der Waals surface area contributed by atoms with Crippen LogP contribution >= 0.6 is 0 Å². The van der Waals surface area contributed by atoms with Crippen LogP contribution in [0.2, 0.25) is 0 Å². The molecule has 2 aromatic carbocycles. The number of methoxy groups -OCH3 is 2. The van der Waals surface area contributed by atoms with Crippen molar-refractivity contribution in [3.63, 3.8) is 0 Å². The van der Waals surface area contributed by atoms with Crippen LogP contribution in [0.25, 0.3) is 0 Å². The molecule has 0 amide bonds. The highest BCUT2D eigenvalue weighted by atomic mass is 16.5. The zero-order chi connectivity index (χ0) is 16.7. The Labute approximate surface area is 138 Å². The summed E-state index contributed by atoms with van der Waals surface area (Å²) < 4.78 is 10.6. The van der Waals surface area contributed by atoms with E-state index >= 15 is 0 Å². The molecule has 0 aromatic heterocycles. The summed E-state index contributed by atoms with van der Waals surface area (Å²) in [6, 6.07) is 14.1. The smallest absolute Gasteiger partial charge is 0.160 e. The van der Waals surface area contributed by atoms with Crippen molar-refractivity contribution in [3.8, 4) is 11.5 Å². The fraction of sp³-hybridized carbons (Fsp3) is 0.368. The Morgan fingerprint density at radius 3 is 2.43 bits per heavy atom. The van der Waals surface area contributed by atoms with Crippen molar-refractivity contribution >= 4 is 5.69 Å². The molecule has 2 rings (SSSR count). The van der Waals surface area contributed by atoms with Crippen LogP contribution < -0.4 is 14.8 Å². The molecule has 0 spiro atoms. The van der Waals surface area contributed by atoms with Gasteiger partial charge in [-0.3, -0.25) is 0 Å². The Balaban J connectivity index is 2.13. The summed E-state index contributed by atoms with van der Waals surface area (Å²) >= 11 is 0. The zero-order valence-electron chi connectivity index (χ0n) is 14.0. The lowest BCUT2D eigenvalue weighted by Gasteiger charge is -2.21. The Morgan fingerprint density at radius 2 is 1.78 bits per heavy atom. The summed E-state index contributed by atoms with van der Waals surface area (Å²) in [6.07, 6.45) is 1.85. The summed E-state index contributed by atoms with van der Waals surface area (Å²) in [5, 5.41) is 13.0. The van der Waals surface area contributed by atoms with Gasteiger partial charge in [-0.2, -0.15) is 0 Å². The molecular formula is C19H25NO3. The lowest BCUT2D eigenvalue weighted by molar-refractivity contribution is 0.282. The highest BCUT2D eigenvalue weighted by molar-refractivity contribution is 5.52. The average molecular weight is 315 g/mol. The molecular weight excluding hydrogens is 290 g/mol. The number of hydrogen-bond acceptors (Lipinski definition) is 4. The van der Waals surface area contributed by atoms with Crippen LogP contribution in [-0.2, 0) is 13.0 Å². The number of nitrogens with one attached hydrogen (secondary N) is 1. The maximum atomic E-state index is 9.45. The standard InChI is InChI=1S/C19H25NO3/c1-4-16(20-17-8-6-5-7-15(17)13-21)11-14-9-10-18(22-2)19(12-14)23-3/h5-10,12,16,20-21H,4,11,13H2,1-3H3. The molecule has 0 fully saturated rings. The number of aliphatic hydroxyl groups is 1. The molecule has 0 heterocycles. The van der Waals surface area contributed by atoms with Crippen LogP contribution in [0, 0.1) is 0 Å². The van der Waals surface area contributed by atoms with E-state index in [1.807, 2.05) is 36.4 Å². The molecule has 1 atom stereocenters. The van der Waals surface area contributed by atoms with Gasteiger partial charge in [-0.15, -0.1) is 0 Å². The Bertz CT molecular complexity index is 628. The molecule has 4 heteroatoms. The van der Waals surface area contributed by atoms with E-state index in [0.717, 1.165) is 35.6 Å². The molecule has 0 radical (unpaired) electrons. The van der Waals surface area contributed by atoms with Gasteiger partial charge in [0.25, 0.3) is 0 Å². The second-order valence-electron chi connectivity index (χ2n) is 5.46. The second-order valence-corrected chi connectivity index (χ2v) is 5.46. The minimum Gasteiger partial charge on any atom is -0.493 e. The SMILES string of the molecule is CCC(Cc1ccc(OC)c(OC)c1)Nc1ccccc1CO. The largest absolute Gasteiger partial charge is 0.493 e. The predicted molar refractivity (Wildman–Crippen MR) is 93.3 cm³/mol. The number of hydrogen-bond donors (Lipinski definition) is 2. The maximum absolute atomic E-state index is 9.45. The maximum Gasteiger partial charge on any atom is 0.160 e. The summed E-state index contributed by atoms with van der Waals surface area (Å²) in [5.41, 5.74) is 3.09. The van der Waals surface area contributed by atoms with Crippen molar-refractivity contribution in [3.05, 3.63) is 53.6 Å². The normalized spacial score (nSPS) is 11.8. The fourth-order valence-electron chi connectivity index (χ4n) is 2.61. The van der Waals surface area contributed by atoms with E-state index in [2.05, 4.69) is 18.3 Å². The molecule has 2 N–H and O–H groups in total. The topological polar surface area (TPSA) is 50.7 Å². The third-order valence-corrected chi connectivity index (χ3v) is 3.97. The van der Waals surface area contributed by atoms with E-state index in [1.54, 1.807) is 14.2 Å². The van der Waals surface area contributed by atoms with Crippen LogP contribution in [-0.4, -0.2) is 25.4 Å². The lowest BCUT2D eigenvalue weighted by Crippen LogP contribution is -2.22. The first-order chi connectivity index (χ1) is 11.2. The van der Waals surface area contributed by atoms with Gasteiger partial charge in [0.15, 0.2) is 11.5 Å². The molecule has 0 aliphatic carbocycles. The van der Waals surface area contributed by atoms with E-state index in [1.165, 1.54) is 5.56 Å².